The second-order valence-corrected chi connectivity index (χ2v) is 4.75. The minimum Gasteiger partial charge on any atom is -0.147 e. The molecule has 0 saturated heterocycles. The Bertz CT molecular complexity index is 734. The lowest BCUT2D eigenvalue weighted by atomic mass is 10.00. The summed E-state index contributed by atoms with van der Waals surface area (Å²) >= 11 is 0. The van der Waals surface area contributed by atoms with E-state index < -0.39 is 0 Å². The van der Waals surface area contributed by atoms with Crippen LogP contribution in [0.15, 0.2) is 72.8 Å². The Morgan fingerprint density at radius 1 is 0.368 bits per heavy atom. The topological polar surface area (TPSA) is 0 Å². The van der Waals surface area contributed by atoms with Gasteiger partial charge >= 0.3 is 0 Å². The molecule has 0 aromatic heterocycles. The van der Waals surface area contributed by atoms with Crippen LogP contribution in [-0.4, -0.2) is 0 Å². The maximum absolute atomic E-state index is 2.27. The molecule has 0 amide bonds. The van der Waals surface area contributed by atoms with Gasteiger partial charge in [-0.3, -0.25) is 0 Å². The van der Waals surface area contributed by atoms with Gasteiger partial charge in [-0.1, -0.05) is 48.5 Å². The second-order valence-electron chi connectivity index (χ2n) is 4.75. The van der Waals surface area contributed by atoms with Crippen molar-refractivity contribution in [3.05, 3.63) is 72.8 Å². The Labute approximate surface area is 118 Å². The van der Waals surface area contributed by atoms with Gasteiger partial charge < -0.3 is 0 Å². The average molecular weight is 265 g/mol. The van der Waals surface area contributed by atoms with E-state index in [9.17, 15) is 0 Å². The van der Waals surface area contributed by atoms with E-state index in [1.807, 2.05) is 0 Å². The Balaban J connectivity index is 0.00000110. The van der Waals surface area contributed by atoms with E-state index in [-0.39, 0.29) is 12.4 Å². The number of rotatable bonds is 0. The molecule has 0 spiro atoms. The molecule has 0 nitrogen and oxygen atoms in total. The van der Waals surface area contributed by atoms with Crippen LogP contribution in [0.1, 0.15) is 0 Å². The van der Waals surface area contributed by atoms with Crippen LogP contribution in [0.5, 0.6) is 0 Å². The highest BCUT2D eigenvalue weighted by Crippen LogP contribution is 2.27. The van der Waals surface area contributed by atoms with Crippen LogP contribution in [-0.2, 0) is 0 Å². The van der Waals surface area contributed by atoms with Crippen molar-refractivity contribution in [3.8, 4) is 0 Å². The van der Waals surface area contributed by atoms with Gasteiger partial charge in [0.05, 0.1) is 0 Å². The fourth-order valence-corrected chi connectivity index (χ4v) is 2.63. The summed E-state index contributed by atoms with van der Waals surface area (Å²) in [5, 5.41) is 7.85. The second kappa shape index (κ2) is 4.56. The van der Waals surface area contributed by atoms with Crippen molar-refractivity contribution in [1.29, 1.82) is 0 Å². The van der Waals surface area contributed by atoms with Gasteiger partial charge in [0.15, 0.2) is 0 Å². The molecule has 1 heteroatoms. The van der Waals surface area contributed by atoms with E-state index in [1.54, 1.807) is 0 Å². The summed E-state index contributed by atoms with van der Waals surface area (Å²) in [4.78, 5) is 0. The molecular weight excluding hydrogens is 252 g/mol. The molecule has 0 saturated carbocycles. The minimum absolute atomic E-state index is 0. The molecule has 92 valence electrons. The summed E-state index contributed by atoms with van der Waals surface area (Å²) in [6, 6.07) is 26.2. The van der Waals surface area contributed by atoms with Crippen molar-refractivity contribution in [2.45, 2.75) is 0 Å². The van der Waals surface area contributed by atoms with Crippen LogP contribution in [0.3, 0.4) is 0 Å². The van der Waals surface area contributed by atoms with Crippen LogP contribution >= 0.6 is 12.4 Å². The summed E-state index contributed by atoms with van der Waals surface area (Å²) in [5.74, 6) is 0. The SMILES string of the molecule is Cl.c1ccc2cc3cc4ccccc4cc3cc2c1. The van der Waals surface area contributed by atoms with Crippen molar-refractivity contribution in [1.82, 2.24) is 0 Å². The summed E-state index contributed by atoms with van der Waals surface area (Å²) < 4.78 is 0. The molecule has 0 fully saturated rings. The van der Waals surface area contributed by atoms with Crippen LogP contribution < -0.4 is 0 Å². The highest BCUT2D eigenvalue weighted by atomic mass is 35.5. The Morgan fingerprint density at radius 3 is 0.895 bits per heavy atom. The van der Waals surface area contributed by atoms with Crippen LogP contribution in [0.25, 0.3) is 32.3 Å². The zero-order valence-corrected chi connectivity index (χ0v) is 11.2. The van der Waals surface area contributed by atoms with Crippen molar-refractivity contribution in [2.24, 2.45) is 0 Å². The van der Waals surface area contributed by atoms with Crippen molar-refractivity contribution in [2.75, 3.05) is 0 Å². The summed E-state index contributed by atoms with van der Waals surface area (Å²) in [5.41, 5.74) is 0. The predicted molar refractivity (Wildman–Crippen MR) is 86.2 cm³/mol. The average Bonchev–Trinajstić information content (AvgIpc) is 2.42. The number of fused-ring (bicyclic) bond motifs is 3. The van der Waals surface area contributed by atoms with Gasteiger partial charge in [0.2, 0.25) is 0 Å². The molecule has 0 radical (unpaired) electrons. The van der Waals surface area contributed by atoms with E-state index in [4.69, 9.17) is 0 Å². The molecule has 19 heavy (non-hydrogen) atoms. The first kappa shape index (κ1) is 12.0. The highest BCUT2D eigenvalue weighted by molar-refractivity contribution is 6.04. The van der Waals surface area contributed by atoms with Crippen molar-refractivity contribution >= 4 is 44.7 Å². The minimum atomic E-state index is 0. The molecule has 0 bridgehead atoms. The standard InChI is InChI=1S/C18H12.ClH/c1-2-6-14-10-18-12-16-8-4-3-7-15(16)11-17(18)9-13(14)5-1;/h1-12H;1H. The van der Waals surface area contributed by atoms with Crippen molar-refractivity contribution < 1.29 is 0 Å². The molecule has 0 aliphatic rings. The van der Waals surface area contributed by atoms with Gasteiger partial charge in [-0.25, -0.2) is 0 Å². The number of hydrogen-bond acceptors (Lipinski definition) is 0. The van der Waals surface area contributed by atoms with Crippen molar-refractivity contribution in [3.63, 3.8) is 0 Å². The Hall–Kier alpha value is -2.05. The largest absolute Gasteiger partial charge is 0.147 e. The molecule has 0 aliphatic heterocycles. The molecule has 0 heterocycles. The third-order valence-electron chi connectivity index (χ3n) is 3.57. The fraction of sp³-hybridized carbons (Fsp3) is 0. The van der Waals surface area contributed by atoms with E-state index in [1.165, 1.54) is 32.3 Å². The number of halogens is 1. The summed E-state index contributed by atoms with van der Waals surface area (Å²) in [6.45, 7) is 0. The van der Waals surface area contributed by atoms with Crippen LogP contribution in [0, 0.1) is 0 Å². The van der Waals surface area contributed by atoms with E-state index in [0.29, 0.717) is 0 Å². The molecule has 0 unspecified atom stereocenters. The van der Waals surface area contributed by atoms with Gasteiger partial charge in [0.1, 0.15) is 0 Å². The fourth-order valence-electron chi connectivity index (χ4n) is 2.63. The smallest absolute Gasteiger partial charge is 0.0171 e. The van der Waals surface area contributed by atoms with Gasteiger partial charge in [-0.15, -0.1) is 12.4 Å². The molecule has 0 aliphatic carbocycles. The normalized spacial score (nSPS) is 10.7. The molecule has 0 N–H and O–H groups in total. The Morgan fingerprint density at radius 2 is 0.632 bits per heavy atom. The number of hydrogen-bond donors (Lipinski definition) is 0. The highest BCUT2D eigenvalue weighted by Gasteiger charge is 2.00. The zero-order valence-electron chi connectivity index (χ0n) is 10.3. The third-order valence-corrected chi connectivity index (χ3v) is 3.57. The molecule has 0 atom stereocenters. The quantitative estimate of drug-likeness (QED) is 0.364. The van der Waals surface area contributed by atoms with E-state index in [2.05, 4.69) is 72.8 Å². The van der Waals surface area contributed by atoms with Crippen LogP contribution in [0.2, 0.25) is 0 Å². The van der Waals surface area contributed by atoms with Crippen LogP contribution in [0.4, 0.5) is 0 Å². The lowest BCUT2D eigenvalue weighted by molar-refractivity contribution is 1.77. The summed E-state index contributed by atoms with van der Waals surface area (Å²) in [7, 11) is 0. The molecule has 4 aromatic carbocycles. The first-order valence-electron chi connectivity index (χ1n) is 6.21. The lowest BCUT2D eigenvalue weighted by Crippen LogP contribution is -1.78. The predicted octanol–water partition coefficient (Wildman–Crippen LogP) is 5.57. The van der Waals surface area contributed by atoms with Gasteiger partial charge in [-0.05, 0) is 56.6 Å². The van der Waals surface area contributed by atoms with Gasteiger partial charge in [0, 0.05) is 0 Å². The first-order valence-corrected chi connectivity index (χ1v) is 6.21. The van der Waals surface area contributed by atoms with Gasteiger partial charge in [0.25, 0.3) is 0 Å². The number of benzene rings is 4. The monoisotopic (exact) mass is 264 g/mol. The van der Waals surface area contributed by atoms with E-state index in [0.717, 1.165) is 0 Å². The molecule has 4 rings (SSSR count). The lowest BCUT2D eigenvalue weighted by Gasteiger charge is -2.04. The summed E-state index contributed by atoms with van der Waals surface area (Å²) in [6.07, 6.45) is 0. The molecule has 4 aromatic rings. The first-order chi connectivity index (χ1) is 8.90. The van der Waals surface area contributed by atoms with Gasteiger partial charge in [-0.2, -0.15) is 0 Å². The Kier molecular flexibility index (Phi) is 2.88. The zero-order chi connectivity index (χ0) is 11.9. The molecular formula is C18H13Cl. The maximum atomic E-state index is 2.27. The van der Waals surface area contributed by atoms with E-state index >= 15 is 0 Å². The third kappa shape index (κ3) is 1.94. The maximum Gasteiger partial charge on any atom is -0.0171 e.